The molecule has 2 aromatic carbocycles. The topological polar surface area (TPSA) is 111 Å². The number of primary amides is 1. The number of aromatic nitrogens is 2. The molecule has 0 spiro atoms. The molecule has 31 heavy (non-hydrogen) atoms. The molecular formula is C24H24N4O3. The van der Waals surface area contributed by atoms with Crippen LogP contribution in [0.3, 0.4) is 0 Å². The number of hydrogen-bond acceptors (Lipinski definition) is 5. The lowest BCUT2D eigenvalue weighted by atomic mass is 9.93. The highest BCUT2D eigenvalue weighted by atomic mass is 16.5. The lowest BCUT2D eigenvalue weighted by molar-refractivity contribution is -0.125. The van der Waals surface area contributed by atoms with E-state index in [1.54, 1.807) is 0 Å². The normalized spacial score (nSPS) is 23.9. The van der Waals surface area contributed by atoms with E-state index in [0.717, 1.165) is 24.0 Å². The Morgan fingerprint density at radius 3 is 2.32 bits per heavy atom. The summed E-state index contributed by atoms with van der Waals surface area (Å²) in [7, 11) is 0. The van der Waals surface area contributed by atoms with Gasteiger partial charge in [-0.25, -0.2) is 0 Å². The average molecular weight is 416 g/mol. The van der Waals surface area contributed by atoms with Crippen molar-refractivity contribution in [3.63, 3.8) is 0 Å². The standard InChI is InChI=1S/C24H24N4O3/c25-20(29)16-13-18(22-27-21(28-31-22)15-7-3-1-4-8-15)19(14-16)26-23(30)24(11-12-24)17-9-5-2-6-10-17/h1-10,16,18-19H,11-14H2,(H2,25,29)(H,26,30)/t16-,18-,19+/m1/s1. The van der Waals surface area contributed by atoms with Crippen molar-refractivity contribution in [3.05, 3.63) is 72.1 Å². The number of benzene rings is 2. The fraction of sp³-hybridized carbons (Fsp3) is 0.333. The largest absolute Gasteiger partial charge is 0.369 e. The first-order valence-corrected chi connectivity index (χ1v) is 10.6. The van der Waals surface area contributed by atoms with E-state index in [2.05, 4.69) is 15.5 Å². The van der Waals surface area contributed by atoms with Gasteiger partial charge in [-0.15, -0.1) is 0 Å². The molecule has 3 aromatic rings. The molecule has 7 nitrogen and oxygen atoms in total. The van der Waals surface area contributed by atoms with E-state index in [1.807, 2.05) is 60.7 Å². The summed E-state index contributed by atoms with van der Waals surface area (Å²) in [6.07, 6.45) is 2.59. The van der Waals surface area contributed by atoms with Gasteiger partial charge in [0.2, 0.25) is 23.5 Å². The number of rotatable bonds is 6. The summed E-state index contributed by atoms with van der Waals surface area (Å²) in [5, 5.41) is 7.30. The van der Waals surface area contributed by atoms with Crippen LogP contribution in [0.25, 0.3) is 11.4 Å². The predicted molar refractivity (Wildman–Crippen MR) is 114 cm³/mol. The predicted octanol–water partition coefficient (Wildman–Crippen LogP) is 2.93. The first kappa shape index (κ1) is 19.5. The van der Waals surface area contributed by atoms with Gasteiger partial charge in [0, 0.05) is 17.5 Å². The van der Waals surface area contributed by atoms with Crippen LogP contribution in [0.15, 0.2) is 65.2 Å². The molecule has 158 valence electrons. The number of nitrogens with zero attached hydrogens (tertiary/aromatic N) is 2. The first-order chi connectivity index (χ1) is 15.1. The number of nitrogens with one attached hydrogen (secondary N) is 1. The van der Waals surface area contributed by atoms with Crippen molar-refractivity contribution in [1.29, 1.82) is 0 Å². The second kappa shape index (κ2) is 7.65. The summed E-state index contributed by atoms with van der Waals surface area (Å²) in [5.74, 6) is -0.0498. The van der Waals surface area contributed by atoms with Crippen molar-refractivity contribution in [2.45, 2.75) is 43.1 Å². The third kappa shape index (κ3) is 3.60. The second-order valence-electron chi connectivity index (χ2n) is 8.53. The molecule has 2 fully saturated rings. The van der Waals surface area contributed by atoms with Gasteiger partial charge in [-0.2, -0.15) is 4.98 Å². The Morgan fingerprint density at radius 2 is 1.68 bits per heavy atom. The Labute approximate surface area is 180 Å². The monoisotopic (exact) mass is 416 g/mol. The van der Waals surface area contributed by atoms with E-state index in [1.165, 1.54) is 0 Å². The zero-order chi connectivity index (χ0) is 21.4. The van der Waals surface area contributed by atoms with Crippen LogP contribution in [0, 0.1) is 5.92 Å². The minimum atomic E-state index is -0.485. The molecule has 3 atom stereocenters. The Balaban J connectivity index is 1.39. The van der Waals surface area contributed by atoms with Crippen LogP contribution < -0.4 is 11.1 Å². The highest BCUT2D eigenvalue weighted by molar-refractivity contribution is 5.91. The number of carbonyl (C=O) groups is 2. The van der Waals surface area contributed by atoms with Crippen LogP contribution >= 0.6 is 0 Å². The number of hydrogen-bond donors (Lipinski definition) is 2. The fourth-order valence-corrected chi connectivity index (χ4v) is 4.63. The van der Waals surface area contributed by atoms with Gasteiger partial charge >= 0.3 is 0 Å². The Morgan fingerprint density at radius 1 is 1.00 bits per heavy atom. The molecular weight excluding hydrogens is 392 g/mol. The van der Waals surface area contributed by atoms with Crippen molar-refractivity contribution in [2.75, 3.05) is 0 Å². The fourth-order valence-electron chi connectivity index (χ4n) is 4.63. The maximum atomic E-state index is 13.3. The van der Waals surface area contributed by atoms with Crippen LogP contribution in [0.4, 0.5) is 0 Å². The molecule has 0 unspecified atom stereocenters. The quantitative estimate of drug-likeness (QED) is 0.642. The Kier molecular flexibility index (Phi) is 4.81. The van der Waals surface area contributed by atoms with E-state index in [0.29, 0.717) is 24.6 Å². The van der Waals surface area contributed by atoms with Gasteiger partial charge in [0.15, 0.2) is 0 Å². The molecule has 2 amide bonds. The summed E-state index contributed by atoms with van der Waals surface area (Å²) >= 11 is 0. The Hall–Kier alpha value is -3.48. The van der Waals surface area contributed by atoms with Gasteiger partial charge in [-0.3, -0.25) is 9.59 Å². The van der Waals surface area contributed by atoms with E-state index < -0.39 is 5.41 Å². The van der Waals surface area contributed by atoms with Crippen LogP contribution in [0.5, 0.6) is 0 Å². The van der Waals surface area contributed by atoms with Crippen molar-refractivity contribution in [2.24, 2.45) is 11.7 Å². The summed E-state index contributed by atoms with van der Waals surface area (Å²) < 4.78 is 5.56. The van der Waals surface area contributed by atoms with Gasteiger partial charge in [0.05, 0.1) is 11.3 Å². The van der Waals surface area contributed by atoms with Gasteiger partial charge in [-0.1, -0.05) is 65.8 Å². The lowest BCUT2D eigenvalue weighted by Crippen LogP contribution is -2.43. The number of carbonyl (C=O) groups excluding carboxylic acids is 2. The van der Waals surface area contributed by atoms with E-state index in [9.17, 15) is 9.59 Å². The highest BCUT2D eigenvalue weighted by Gasteiger charge is 2.53. The van der Waals surface area contributed by atoms with Gasteiger partial charge in [0.1, 0.15) is 0 Å². The molecule has 7 heteroatoms. The molecule has 1 aromatic heterocycles. The SMILES string of the molecule is NC(=O)[C@H]1C[C@H](NC(=O)C2(c3ccccc3)CC2)[C@H](c2nc(-c3ccccc3)no2)C1. The van der Waals surface area contributed by atoms with Crippen LogP contribution in [0.1, 0.15) is 43.1 Å². The zero-order valence-corrected chi connectivity index (χ0v) is 17.0. The summed E-state index contributed by atoms with van der Waals surface area (Å²) in [4.78, 5) is 29.7. The van der Waals surface area contributed by atoms with E-state index in [4.69, 9.17) is 10.3 Å². The molecule has 1 heterocycles. The van der Waals surface area contributed by atoms with Crippen molar-refractivity contribution < 1.29 is 14.1 Å². The maximum Gasteiger partial charge on any atom is 0.232 e. The minimum absolute atomic E-state index is 0.0124. The first-order valence-electron chi connectivity index (χ1n) is 10.6. The van der Waals surface area contributed by atoms with Crippen molar-refractivity contribution in [3.8, 4) is 11.4 Å². The van der Waals surface area contributed by atoms with Crippen molar-refractivity contribution >= 4 is 11.8 Å². The molecule has 2 aliphatic carbocycles. The van der Waals surface area contributed by atoms with E-state index in [-0.39, 0.29) is 29.7 Å². The van der Waals surface area contributed by atoms with Gasteiger partial charge in [0.25, 0.3) is 0 Å². The minimum Gasteiger partial charge on any atom is -0.369 e. The van der Waals surface area contributed by atoms with Crippen molar-refractivity contribution in [1.82, 2.24) is 15.5 Å². The molecule has 5 rings (SSSR count). The van der Waals surface area contributed by atoms with Gasteiger partial charge in [-0.05, 0) is 31.2 Å². The molecule has 0 bridgehead atoms. The third-order valence-corrected chi connectivity index (χ3v) is 6.58. The average Bonchev–Trinajstić information content (AvgIpc) is 3.28. The molecule has 3 N–H and O–H groups in total. The Bertz CT molecular complexity index is 1090. The summed E-state index contributed by atoms with van der Waals surface area (Å²) in [5.41, 5.74) is 6.99. The number of amides is 2. The highest BCUT2D eigenvalue weighted by Crippen LogP contribution is 2.49. The third-order valence-electron chi connectivity index (χ3n) is 6.58. The maximum absolute atomic E-state index is 13.3. The van der Waals surface area contributed by atoms with Crippen LogP contribution in [-0.4, -0.2) is 28.0 Å². The zero-order valence-electron chi connectivity index (χ0n) is 17.0. The van der Waals surface area contributed by atoms with Crippen LogP contribution in [-0.2, 0) is 15.0 Å². The molecule has 2 saturated carbocycles. The van der Waals surface area contributed by atoms with Crippen LogP contribution in [0.2, 0.25) is 0 Å². The summed E-state index contributed by atoms with van der Waals surface area (Å²) in [6.45, 7) is 0. The molecule has 2 aliphatic rings. The number of nitrogens with two attached hydrogens (primary N) is 1. The summed E-state index contributed by atoms with van der Waals surface area (Å²) in [6, 6.07) is 19.1. The van der Waals surface area contributed by atoms with E-state index >= 15 is 0 Å². The molecule has 0 radical (unpaired) electrons. The smallest absolute Gasteiger partial charge is 0.232 e. The lowest BCUT2D eigenvalue weighted by Gasteiger charge is -2.22. The molecule has 0 aliphatic heterocycles. The second-order valence-corrected chi connectivity index (χ2v) is 8.53. The molecule has 0 saturated heterocycles. The van der Waals surface area contributed by atoms with Gasteiger partial charge < -0.3 is 15.6 Å².